The number of fused-ring (bicyclic) bond motifs is 1. The van der Waals surface area contributed by atoms with E-state index < -0.39 is 0 Å². The second kappa shape index (κ2) is 5.29. The Morgan fingerprint density at radius 1 is 1.20 bits per heavy atom. The molecule has 4 heteroatoms. The first-order valence-electron chi connectivity index (χ1n) is 6.77. The van der Waals surface area contributed by atoms with Crippen molar-refractivity contribution in [1.82, 2.24) is 4.90 Å². The van der Waals surface area contributed by atoms with Crippen LogP contribution in [0.3, 0.4) is 0 Å². The van der Waals surface area contributed by atoms with Crippen LogP contribution in [0.5, 0.6) is 0 Å². The summed E-state index contributed by atoms with van der Waals surface area (Å²) in [6.45, 7) is 1.56. The summed E-state index contributed by atoms with van der Waals surface area (Å²) >= 11 is 1.80. The van der Waals surface area contributed by atoms with Crippen LogP contribution >= 0.6 is 11.3 Å². The SMILES string of the molecule is CN(C)c1ccc(C(=O)N2CCc3sccc3C2)cc1. The molecule has 1 aliphatic rings. The lowest BCUT2D eigenvalue weighted by Gasteiger charge is -2.27. The van der Waals surface area contributed by atoms with Crippen molar-refractivity contribution in [2.24, 2.45) is 0 Å². The lowest BCUT2D eigenvalue weighted by Crippen LogP contribution is -2.35. The minimum atomic E-state index is 0.132. The smallest absolute Gasteiger partial charge is 0.254 e. The van der Waals surface area contributed by atoms with Gasteiger partial charge >= 0.3 is 0 Å². The minimum absolute atomic E-state index is 0.132. The Kier molecular flexibility index (Phi) is 3.49. The number of rotatable bonds is 2. The molecule has 0 bridgehead atoms. The van der Waals surface area contributed by atoms with E-state index in [0.717, 1.165) is 30.8 Å². The summed E-state index contributed by atoms with van der Waals surface area (Å²) in [5.41, 5.74) is 3.19. The van der Waals surface area contributed by atoms with Crippen LogP contribution < -0.4 is 4.90 Å². The lowest BCUT2D eigenvalue weighted by molar-refractivity contribution is 0.0736. The number of hydrogen-bond donors (Lipinski definition) is 0. The van der Waals surface area contributed by atoms with Crippen LogP contribution in [0, 0.1) is 0 Å². The van der Waals surface area contributed by atoms with Gasteiger partial charge in [-0.3, -0.25) is 4.79 Å². The number of anilines is 1. The van der Waals surface area contributed by atoms with Gasteiger partial charge in [0.05, 0.1) is 0 Å². The van der Waals surface area contributed by atoms with Crippen molar-refractivity contribution in [1.29, 1.82) is 0 Å². The first-order chi connectivity index (χ1) is 9.65. The van der Waals surface area contributed by atoms with Crippen molar-refractivity contribution in [3.63, 3.8) is 0 Å². The molecule has 0 atom stereocenters. The average molecular weight is 286 g/mol. The number of benzene rings is 1. The number of hydrogen-bond acceptors (Lipinski definition) is 3. The van der Waals surface area contributed by atoms with E-state index in [2.05, 4.69) is 11.4 Å². The number of carbonyl (C=O) groups is 1. The van der Waals surface area contributed by atoms with Crippen molar-refractivity contribution in [3.8, 4) is 0 Å². The van der Waals surface area contributed by atoms with E-state index >= 15 is 0 Å². The Hall–Kier alpha value is -1.81. The summed E-state index contributed by atoms with van der Waals surface area (Å²) in [4.78, 5) is 17.9. The summed E-state index contributed by atoms with van der Waals surface area (Å²) in [5, 5.41) is 2.12. The number of carbonyl (C=O) groups excluding carboxylic acids is 1. The molecule has 1 amide bonds. The van der Waals surface area contributed by atoms with E-state index in [0.29, 0.717) is 0 Å². The van der Waals surface area contributed by atoms with Gasteiger partial charge in [-0.25, -0.2) is 0 Å². The molecule has 1 aromatic heterocycles. The Morgan fingerprint density at radius 3 is 2.65 bits per heavy atom. The highest BCUT2D eigenvalue weighted by atomic mass is 32.1. The highest BCUT2D eigenvalue weighted by Gasteiger charge is 2.22. The quantitative estimate of drug-likeness (QED) is 0.847. The molecule has 0 unspecified atom stereocenters. The van der Waals surface area contributed by atoms with Crippen LogP contribution in [0.25, 0.3) is 0 Å². The molecule has 0 saturated carbocycles. The van der Waals surface area contributed by atoms with Gasteiger partial charge in [0, 0.05) is 43.3 Å². The predicted octanol–water partition coefficient (Wildman–Crippen LogP) is 3.01. The summed E-state index contributed by atoms with van der Waals surface area (Å²) in [6, 6.07) is 9.95. The molecule has 3 rings (SSSR count). The van der Waals surface area contributed by atoms with Gasteiger partial charge in [0.1, 0.15) is 0 Å². The van der Waals surface area contributed by atoms with Crippen molar-refractivity contribution in [2.75, 3.05) is 25.5 Å². The van der Waals surface area contributed by atoms with Crippen molar-refractivity contribution >= 4 is 22.9 Å². The second-order valence-electron chi connectivity index (χ2n) is 5.29. The molecule has 1 aromatic carbocycles. The van der Waals surface area contributed by atoms with Gasteiger partial charge in [-0.1, -0.05) is 0 Å². The third kappa shape index (κ3) is 2.43. The Morgan fingerprint density at radius 2 is 1.95 bits per heavy atom. The molecule has 2 heterocycles. The van der Waals surface area contributed by atoms with E-state index in [1.165, 1.54) is 10.4 Å². The second-order valence-corrected chi connectivity index (χ2v) is 6.29. The molecule has 0 fully saturated rings. The largest absolute Gasteiger partial charge is 0.378 e. The molecule has 0 saturated heterocycles. The highest BCUT2D eigenvalue weighted by molar-refractivity contribution is 7.10. The van der Waals surface area contributed by atoms with Gasteiger partial charge in [0.15, 0.2) is 0 Å². The van der Waals surface area contributed by atoms with Crippen LogP contribution in [-0.2, 0) is 13.0 Å². The Labute approximate surface area is 123 Å². The van der Waals surface area contributed by atoms with E-state index in [1.807, 2.05) is 48.2 Å². The third-order valence-electron chi connectivity index (χ3n) is 3.73. The van der Waals surface area contributed by atoms with E-state index in [1.54, 1.807) is 11.3 Å². The predicted molar refractivity (Wildman–Crippen MR) is 83.5 cm³/mol. The molecular weight excluding hydrogens is 268 g/mol. The van der Waals surface area contributed by atoms with Crippen LogP contribution in [0.2, 0.25) is 0 Å². The topological polar surface area (TPSA) is 23.6 Å². The third-order valence-corrected chi connectivity index (χ3v) is 4.75. The van der Waals surface area contributed by atoms with Crippen molar-refractivity contribution in [3.05, 3.63) is 51.7 Å². The number of nitrogens with zero attached hydrogens (tertiary/aromatic N) is 2. The van der Waals surface area contributed by atoms with E-state index in [9.17, 15) is 4.79 Å². The standard InChI is InChI=1S/C16H18N2OS/c1-17(2)14-5-3-12(4-6-14)16(19)18-9-7-15-13(11-18)8-10-20-15/h3-6,8,10H,7,9,11H2,1-2H3. The highest BCUT2D eigenvalue weighted by Crippen LogP contribution is 2.25. The summed E-state index contributed by atoms with van der Waals surface area (Å²) in [7, 11) is 4.00. The molecule has 2 aromatic rings. The number of amides is 1. The lowest BCUT2D eigenvalue weighted by atomic mass is 10.1. The fraction of sp³-hybridized carbons (Fsp3) is 0.312. The van der Waals surface area contributed by atoms with Crippen molar-refractivity contribution in [2.45, 2.75) is 13.0 Å². The van der Waals surface area contributed by atoms with Gasteiger partial charge in [0.2, 0.25) is 0 Å². The van der Waals surface area contributed by atoms with E-state index in [-0.39, 0.29) is 5.91 Å². The van der Waals surface area contributed by atoms with Crippen LogP contribution in [0.1, 0.15) is 20.8 Å². The Balaban J connectivity index is 1.76. The maximum absolute atomic E-state index is 12.5. The average Bonchev–Trinajstić information content (AvgIpc) is 2.94. The first kappa shape index (κ1) is 13.2. The van der Waals surface area contributed by atoms with Crippen LogP contribution in [0.4, 0.5) is 5.69 Å². The molecule has 0 radical (unpaired) electrons. The normalized spacial score (nSPS) is 14.0. The summed E-state index contributed by atoms with van der Waals surface area (Å²) in [6.07, 6.45) is 0.981. The molecule has 0 aliphatic carbocycles. The van der Waals surface area contributed by atoms with Crippen LogP contribution in [0.15, 0.2) is 35.7 Å². The van der Waals surface area contributed by atoms with Gasteiger partial charge in [-0.2, -0.15) is 0 Å². The molecule has 1 aliphatic heterocycles. The monoisotopic (exact) mass is 286 g/mol. The Bertz CT molecular complexity index is 616. The van der Waals surface area contributed by atoms with E-state index in [4.69, 9.17) is 0 Å². The van der Waals surface area contributed by atoms with Crippen LogP contribution in [-0.4, -0.2) is 31.4 Å². The molecular formula is C16H18N2OS. The fourth-order valence-electron chi connectivity index (χ4n) is 2.51. The maximum atomic E-state index is 12.5. The van der Waals surface area contributed by atoms with Gasteiger partial charge < -0.3 is 9.80 Å². The molecule has 0 N–H and O–H groups in total. The van der Waals surface area contributed by atoms with Crippen molar-refractivity contribution < 1.29 is 4.79 Å². The zero-order chi connectivity index (χ0) is 14.1. The first-order valence-corrected chi connectivity index (χ1v) is 7.65. The summed E-state index contributed by atoms with van der Waals surface area (Å²) in [5.74, 6) is 0.132. The van der Waals surface area contributed by atoms with Gasteiger partial charge in [-0.05, 0) is 47.7 Å². The number of thiophene rings is 1. The van der Waals surface area contributed by atoms with Gasteiger partial charge in [-0.15, -0.1) is 11.3 Å². The molecule has 3 nitrogen and oxygen atoms in total. The van der Waals surface area contributed by atoms with Gasteiger partial charge in [0.25, 0.3) is 5.91 Å². The summed E-state index contributed by atoms with van der Waals surface area (Å²) < 4.78 is 0. The fourth-order valence-corrected chi connectivity index (χ4v) is 3.40. The molecule has 104 valence electrons. The molecule has 20 heavy (non-hydrogen) atoms. The molecule has 0 spiro atoms. The zero-order valence-corrected chi connectivity index (χ0v) is 12.6. The minimum Gasteiger partial charge on any atom is -0.378 e. The maximum Gasteiger partial charge on any atom is 0.254 e. The zero-order valence-electron chi connectivity index (χ0n) is 11.8.